The Morgan fingerprint density at radius 2 is 1.70 bits per heavy atom. The fourth-order valence-corrected chi connectivity index (χ4v) is 4.57. The molecule has 20 heavy (non-hydrogen) atoms. The topological polar surface area (TPSA) is 24.5 Å². The van der Waals surface area contributed by atoms with E-state index in [0.717, 1.165) is 19.3 Å². The molecule has 0 aromatic carbocycles. The smallest absolute Gasteiger partial charge is 0.0678 e. The lowest BCUT2D eigenvalue weighted by atomic mass is 9.70. The first kappa shape index (κ1) is 17.9. The first-order valence-corrected chi connectivity index (χ1v) is 8.11. The fourth-order valence-electron chi connectivity index (χ4n) is 4.57. The largest absolute Gasteiger partial charge is 0.369 e. The molecule has 0 spiro atoms. The Morgan fingerprint density at radius 1 is 1.20 bits per heavy atom. The van der Waals surface area contributed by atoms with Crippen molar-refractivity contribution >= 4 is 0 Å². The maximum absolute atomic E-state index is 6.34. The highest BCUT2D eigenvalue weighted by atomic mass is 16.5. The van der Waals surface area contributed by atoms with E-state index >= 15 is 0 Å². The van der Waals surface area contributed by atoms with Crippen molar-refractivity contribution in [2.24, 2.45) is 5.92 Å². The number of likely N-dealkylation sites (N-methyl/N-ethyl adjacent to an activating group) is 2. The van der Waals surface area contributed by atoms with E-state index in [0.29, 0.717) is 12.0 Å². The minimum atomic E-state index is -0.0806. The van der Waals surface area contributed by atoms with Crippen molar-refractivity contribution in [3.05, 3.63) is 0 Å². The molecule has 0 amide bonds. The molecule has 2 unspecified atom stereocenters. The minimum absolute atomic E-state index is 0.0250. The van der Waals surface area contributed by atoms with Crippen LogP contribution in [0, 0.1) is 5.92 Å². The lowest BCUT2D eigenvalue weighted by Gasteiger charge is -2.49. The zero-order valence-electron chi connectivity index (χ0n) is 15.1. The molecule has 3 nitrogen and oxygen atoms in total. The summed E-state index contributed by atoms with van der Waals surface area (Å²) in [6.07, 6.45) is 3.41. The molecule has 1 N–H and O–H groups in total. The van der Waals surface area contributed by atoms with E-state index < -0.39 is 0 Å². The van der Waals surface area contributed by atoms with Gasteiger partial charge in [-0.2, -0.15) is 0 Å². The SMILES string of the molecule is CCC(CC)(C(NC)C1CC(C)(C)OC1(C)C)N(C)C. The lowest BCUT2D eigenvalue weighted by Crippen LogP contribution is -2.63. The van der Waals surface area contributed by atoms with Gasteiger partial charge in [-0.3, -0.25) is 0 Å². The van der Waals surface area contributed by atoms with E-state index in [-0.39, 0.29) is 16.7 Å². The van der Waals surface area contributed by atoms with Gasteiger partial charge in [-0.25, -0.2) is 0 Å². The van der Waals surface area contributed by atoms with Gasteiger partial charge in [0.05, 0.1) is 11.2 Å². The van der Waals surface area contributed by atoms with E-state index in [2.05, 4.69) is 72.9 Å². The van der Waals surface area contributed by atoms with Gasteiger partial charge in [0.25, 0.3) is 0 Å². The second-order valence-electron chi connectivity index (χ2n) is 7.75. The van der Waals surface area contributed by atoms with Crippen molar-refractivity contribution in [1.82, 2.24) is 10.2 Å². The molecule has 0 bridgehead atoms. The van der Waals surface area contributed by atoms with Crippen molar-refractivity contribution < 1.29 is 4.74 Å². The Kier molecular flexibility index (Phi) is 5.32. The monoisotopic (exact) mass is 284 g/mol. The van der Waals surface area contributed by atoms with Crippen LogP contribution in [0.1, 0.15) is 60.8 Å². The Labute approximate surface area is 126 Å². The molecule has 1 fully saturated rings. The number of rotatable bonds is 6. The van der Waals surface area contributed by atoms with Crippen molar-refractivity contribution in [2.45, 2.75) is 83.6 Å². The Bertz CT molecular complexity index is 319. The molecule has 3 heteroatoms. The molecule has 0 radical (unpaired) electrons. The van der Waals surface area contributed by atoms with Crippen molar-refractivity contribution in [2.75, 3.05) is 21.1 Å². The molecule has 0 aromatic rings. The summed E-state index contributed by atoms with van der Waals surface area (Å²) in [4.78, 5) is 2.41. The predicted molar refractivity (Wildman–Crippen MR) is 87.2 cm³/mol. The van der Waals surface area contributed by atoms with E-state index in [4.69, 9.17) is 4.74 Å². The van der Waals surface area contributed by atoms with Gasteiger partial charge < -0.3 is 15.0 Å². The molecular formula is C17H36N2O. The second kappa shape index (κ2) is 5.94. The molecule has 0 aliphatic carbocycles. The van der Waals surface area contributed by atoms with Crippen LogP contribution in [0.25, 0.3) is 0 Å². The number of hydrogen-bond acceptors (Lipinski definition) is 3. The summed E-state index contributed by atoms with van der Waals surface area (Å²) in [6.45, 7) is 13.6. The minimum Gasteiger partial charge on any atom is -0.369 e. The van der Waals surface area contributed by atoms with Crippen LogP contribution < -0.4 is 5.32 Å². The third-order valence-electron chi connectivity index (χ3n) is 5.55. The molecule has 1 aliphatic rings. The summed E-state index contributed by atoms with van der Waals surface area (Å²) < 4.78 is 6.34. The van der Waals surface area contributed by atoms with Crippen LogP contribution in [0.5, 0.6) is 0 Å². The average molecular weight is 284 g/mol. The van der Waals surface area contributed by atoms with Crippen molar-refractivity contribution in [1.29, 1.82) is 0 Å². The molecular weight excluding hydrogens is 248 g/mol. The molecule has 0 saturated carbocycles. The first-order chi connectivity index (χ1) is 9.06. The number of ether oxygens (including phenoxy) is 1. The van der Waals surface area contributed by atoms with Gasteiger partial charge in [-0.05, 0) is 68.1 Å². The lowest BCUT2D eigenvalue weighted by molar-refractivity contribution is -0.0848. The summed E-state index contributed by atoms with van der Waals surface area (Å²) in [5, 5.41) is 3.64. The van der Waals surface area contributed by atoms with Gasteiger partial charge >= 0.3 is 0 Å². The van der Waals surface area contributed by atoms with Crippen LogP contribution in [0.3, 0.4) is 0 Å². The highest BCUT2D eigenvalue weighted by Crippen LogP contribution is 2.47. The second-order valence-corrected chi connectivity index (χ2v) is 7.75. The van der Waals surface area contributed by atoms with Gasteiger partial charge in [-0.15, -0.1) is 0 Å². The maximum atomic E-state index is 6.34. The summed E-state index contributed by atoms with van der Waals surface area (Å²) in [5.74, 6) is 0.518. The molecule has 1 rings (SSSR count). The normalized spacial score (nSPS) is 27.0. The van der Waals surface area contributed by atoms with E-state index in [9.17, 15) is 0 Å². The zero-order valence-corrected chi connectivity index (χ0v) is 15.1. The van der Waals surface area contributed by atoms with E-state index in [1.807, 2.05) is 0 Å². The van der Waals surface area contributed by atoms with Crippen LogP contribution in [0.15, 0.2) is 0 Å². The van der Waals surface area contributed by atoms with Crippen LogP contribution in [0.4, 0.5) is 0 Å². The molecule has 2 atom stereocenters. The first-order valence-electron chi connectivity index (χ1n) is 8.11. The van der Waals surface area contributed by atoms with E-state index in [1.54, 1.807) is 0 Å². The van der Waals surface area contributed by atoms with Gasteiger partial charge in [0, 0.05) is 17.5 Å². The molecule has 1 heterocycles. The summed E-state index contributed by atoms with van der Waals surface area (Å²) in [5.41, 5.74) is 0.0754. The van der Waals surface area contributed by atoms with Crippen LogP contribution in [0.2, 0.25) is 0 Å². The van der Waals surface area contributed by atoms with Gasteiger partial charge in [-0.1, -0.05) is 13.8 Å². The Balaban J connectivity index is 3.18. The van der Waals surface area contributed by atoms with Crippen LogP contribution >= 0.6 is 0 Å². The highest BCUT2D eigenvalue weighted by Gasteiger charge is 2.53. The van der Waals surface area contributed by atoms with Crippen LogP contribution in [-0.4, -0.2) is 48.8 Å². The van der Waals surface area contributed by atoms with E-state index in [1.165, 1.54) is 0 Å². The molecule has 0 aromatic heterocycles. The quantitative estimate of drug-likeness (QED) is 0.810. The predicted octanol–water partition coefficient (Wildman–Crippen LogP) is 3.29. The molecule has 120 valence electrons. The summed E-state index contributed by atoms with van der Waals surface area (Å²) >= 11 is 0. The third kappa shape index (κ3) is 3.05. The van der Waals surface area contributed by atoms with Crippen molar-refractivity contribution in [3.63, 3.8) is 0 Å². The number of nitrogens with one attached hydrogen (secondary N) is 1. The fraction of sp³-hybridized carbons (Fsp3) is 1.00. The molecule has 1 aliphatic heterocycles. The average Bonchev–Trinajstić information content (AvgIpc) is 2.53. The van der Waals surface area contributed by atoms with Gasteiger partial charge in [0.15, 0.2) is 0 Å². The van der Waals surface area contributed by atoms with Crippen LogP contribution in [-0.2, 0) is 4.74 Å². The molecule has 1 saturated heterocycles. The standard InChI is InChI=1S/C17H36N2O/c1-10-17(11-2,19(8)9)14(18-7)13-12-15(3,4)20-16(13,5)6/h13-14,18H,10-12H2,1-9H3. The summed E-state index contributed by atoms with van der Waals surface area (Å²) in [6, 6.07) is 0.435. The van der Waals surface area contributed by atoms with Crippen molar-refractivity contribution in [3.8, 4) is 0 Å². The number of nitrogens with zero attached hydrogens (tertiary/aromatic N) is 1. The summed E-state index contributed by atoms with van der Waals surface area (Å²) in [7, 11) is 6.53. The Hall–Kier alpha value is -0.120. The number of hydrogen-bond donors (Lipinski definition) is 1. The Morgan fingerprint density at radius 3 is 1.95 bits per heavy atom. The zero-order chi connectivity index (χ0) is 15.8. The third-order valence-corrected chi connectivity index (χ3v) is 5.55. The van der Waals surface area contributed by atoms with Gasteiger partial charge in [0.2, 0.25) is 0 Å². The van der Waals surface area contributed by atoms with Gasteiger partial charge in [0.1, 0.15) is 0 Å². The highest BCUT2D eigenvalue weighted by molar-refractivity contribution is 5.08. The maximum Gasteiger partial charge on any atom is 0.0678 e.